The number of carbonyl (C=O) groups excluding carboxylic acids is 1. The number of rotatable bonds is 2. The summed E-state index contributed by atoms with van der Waals surface area (Å²) in [5.41, 5.74) is 1.24. The van der Waals surface area contributed by atoms with Gasteiger partial charge in [0.25, 0.3) is 5.91 Å². The fourth-order valence-corrected chi connectivity index (χ4v) is 1.75. The van der Waals surface area contributed by atoms with E-state index in [2.05, 4.69) is 10.5 Å². The number of hydrogen-bond acceptors (Lipinski definition) is 3. The van der Waals surface area contributed by atoms with Crippen molar-refractivity contribution in [2.24, 2.45) is 0 Å². The molecule has 0 saturated carbocycles. The average Bonchev–Trinajstić information content (AvgIpc) is 2.83. The molecule has 0 aliphatic rings. The number of nitrogens with zero attached hydrogens (tertiary/aromatic N) is 1. The normalized spacial score (nSPS) is 10.4. The highest BCUT2D eigenvalue weighted by atomic mass is 16.5. The number of amides is 1. The van der Waals surface area contributed by atoms with Gasteiger partial charge < -0.3 is 9.84 Å². The minimum atomic E-state index is -0.199. The lowest BCUT2D eigenvalue weighted by atomic mass is 10.2. The molecule has 3 rings (SSSR count). The maximum atomic E-state index is 12.0. The standard InChI is InChI=1S/C14H10N2O2/c17-14(10-6-2-1-3-7-10)15-13-11-8-4-5-9-12(11)18-16-13/h1-9H,(H,15,16,17). The van der Waals surface area contributed by atoms with Crippen LogP contribution in [0.1, 0.15) is 10.4 Å². The zero-order valence-electron chi connectivity index (χ0n) is 9.46. The molecule has 1 aromatic heterocycles. The van der Waals surface area contributed by atoms with Crippen LogP contribution in [0.2, 0.25) is 0 Å². The molecule has 3 aromatic rings. The van der Waals surface area contributed by atoms with Crippen LogP contribution in [0, 0.1) is 0 Å². The zero-order chi connectivity index (χ0) is 12.4. The van der Waals surface area contributed by atoms with E-state index in [1.807, 2.05) is 36.4 Å². The highest BCUT2D eigenvalue weighted by molar-refractivity contribution is 6.07. The molecule has 0 aliphatic carbocycles. The molecule has 1 amide bonds. The lowest BCUT2D eigenvalue weighted by Gasteiger charge is -2.01. The number of fused-ring (bicyclic) bond motifs is 1. The first-order valence-corrected chi connectivity index (χ1v) is 5.55. The number of hydrogen-bond donors (Lipinski definition) is 1. The smallest absolute Gasteiger partial charge is 0.256 e. The predicted octanol–water partition coefficient (Wildman–Crippen LogP) is 3.08. The summed E-state index contributed by atoms with van der Waals surface area (Å²) in [6, 6.07) is 16.4. The minimum absolute atomic E-state index is 0.199. The van der Waals surface area contributed by atoms with Crippen LogP contribution in [0.5, 0.6) is 0 Å². The molecular weight excluding hydrogens is 228 g/mol. The van der Waals surface area contributed by atoms with E-state index in [9.17, 15) is 4.79 Å². The minimum Gasteiger partial charge on any atom is -0.354 e. The average molecular weight is 238 g/mol. The molecule has 0 aliphatic heterocycles. The largest absolute Gasteiger partial charge is 0.354 e. The molecule has 0 saturated heterocycles. The third-order valence-electron chi connectivity index (χ3n) is 2.65. The van der Waals surface area contributed by atoms with E-state index in [0.717, 1.165) is 5.39 Å². The maximum Gasteiger partial charge on any atom is 0.256 e. The molecule has 0 bridgehead atoms. The Morgan fingerprint density at radius 2 is 1.72 bits per heavy atom. The highest BCUT2D eigenvalue weighted by Gasteiger charge is 2.11. The Morgan fingerprint density at radius 1 is 1.00 bits per heavy atom. The third kappa shape index (κ3) is 1.84. The van der Waals surface area contributed by atoms with Crippen LogP contribution >= 0.6 is 0 Å². The van der Waals surface area contributed by atoms with Crippen molar-refractivity contribution in [2.45, 2.75) is 0 Å². The monoisotopic (exact) mass is 238 g/mol. The van der Waals surface area contributed by atoms with Crippen molar-refractivity contribution in [1.29, 1.82) is 0 Å². The van der Waals surface area contributed by atoms with Crippen molar-refractivity contribution >= 4 is 22.7 Å². The van der Waals surface area contributed by atoms with Gasteiger partial charge in [0, 0.05) is 5.56 Å². The van der Waals surface area contributed by atoms with Crippen molar-refractivity contribution < 1.29 is 9.32 Å². The van der Waals surface area contributed by atoms with E-state index >= 15 is 0 Å². The first-order valence-electron chi connectivity index (χ1n) is 5.55. The van der Waals surface area contributed by atoms with Gasteiger partial charge in [-0.3, -0.25) is 4.79 Å². The van der Waals surface area contributed by atoms with Gasteiger partial charge in [0.15, 0.2) is 11.4 Å². The topological polar surface area (TPSA) is 55.1 Å². The Labute approximate surface area is 103 Å². The molecule has 0 atom stereocenters. The summed E-state index contributed by atoms with van der Waals surface area (Å²) in [5, 5.41) is 7.38. The second-order valence-corrected chi connectivity index (χ2v) is 3.85. The molecule has 4 nitrogen and oxygen atoms in total. The molecule has 1 N–H and O–H groups in total. The number of anilines is 1. The first-order chi connectivity index (χ1) is 8.84. The summed E-state index contributed by atoms with van der Waals surface area (Å²) in [6.07, 6.45) is 0. The molecule has 0 unspecified atom stereocenters. The Hall–Kier alpha value is -2.62. The Balaban J connectivity index is 1.91. The van der Waals surface area contributed by atoms with Crippen LogP contribution in [0.4, 0.5) is 5.82 Å². The molecule has 0 spiro atoms. The maximum absolute atomic E-state index is 12.0. The number of nitrogens with one attached hydrogen (secondary N) is 1. The van der Waals surface area contributed by atoms with Gasteiger partial charge in [-0.15, -0.1) is 0 Å². The van der Waals surface area contributed by atoms with Gasteiger partial charge in [-0.1, -0.05) is 35.5 Å². The summed E-state index contributed by atoms with van der Waals surface area (Å²) in [4.78, 5) is 12.0. The van der Waals surface area contributed by atoms with Crippen LogP contribution in [-0.4, -0.2) is 11.1 Å². The molecule has 0 fully saturated rings. The van der Waals surface area contributed by atoms with Gasteiger partial charge in [-0.05, 0) is 24.3 Å². The predicted molar refractivity (Wildman–Crippen MR) is 68.4 cm³/mol. The van der Waals surface area contributed by atoms with Gasteiger partial charge in [0.1, 0.15) is 0 Å². The van der Waals surface area contributed by atoms with Gasteiger partial charge in [0.2, 0.25) is 0 Å². The molecular formula is C14H10N2O2. The molecule has 88 valence electrons. The van der Waals surface area contributed by atoms with Crippen molar-refractivity contribution in [3.8, 4) is 0 Å². The van der Waals surface area contributed by atoms with E-state index in [1.54, 1.807) is 18.2 Å². The number of aromatic nitrogens is 1. The summed E-state index contributed by atoms with van der Waals surface area (Å²) in [7, 11) is 0. The molecule has 2 aromatic carbocycles. The van der Waals surface area contributed by atoms with E-state index in [1.165, 1.54) is 0 Å². The number of benzene rings is 2. The van der Waals surface area contributed by atoms with Crippen molar-refractivity contribution in [3.63, 3.8) is 0 Å². The van der Waals surface area contributed by atoms with E-state index in [-0.39, 0.29) is 5.91 Å². The molecule has 0 radical (unpaired) electrons. The molecule has 1 heterocycles. The summed E-state index contributed by atoms with van der Waals surface area (Å²) in [6.45, 7) is 0. The van der Waals surface area contributed by atoms with Gasteiger partial charge in [0.05, 0.1) is 5.39 Å². The SMILES string of the molecule is O=C(Nc1noc2ccccc12)c1ccccc1. The quantitative estimate of drug-likeness (QED) is 0.746. The van der Waals surface area contributed by atoms with Gasteiger partial charge in [-0.25, -0.2) is 0 Å². The van der Waals surface area contributed by atoms with Crippen LogP contribution in [-0.2, 0) is 0 Å². The fraction of sp³-hybridized carbons (Fsp3) is 0. The van der Waals surface area contributed by atoms with Crippen molar-refractivity contribution in [3.05, 3.63) is 60.2 Å². The van der Waals surface area contributed by atoms with Crippen LogP contribution < -0.4 is 5.32 Å². The molecule has 4 heteroatoms. The fourth-order valence-electron chi connectivity index (χ4n) is 1.75. The first kappa shape index (κ1) is 10.5. The van der Waals surface area contributed by atoms with Crippen LogP contribution in [0.25, 0.3) is 11.0 Å². The second-order valence-electron chi connectivity index (χ2n) is 3.85. The Kier molecular flexibility index (Phi) is 2.53. The van der Waals surface area contributed by atoms with E-state index in [0.29, 0.717) is 17.0 Å². The number of carbonyl (C=O) groups is 1. The highest BCUT2D eigenvalue weighted by Crippen LogP contribution is 2.22. The van der Waals surface area contributed by atoms with Crippen molar-refractivity contribution in [2.75, 3.05) is 5.32 Å². The van der Waals surface area contributed by atoms with Crippen LogP contribution in [0.3, 0.4) is 0 Å². The third-order valence-corrected chi connectivity index (χ3v) is 2.65. The second kappa shape index (κ2) is 4.33. The van der Waals surface area contributed by atoms with Gasteiger partial charge >= 0.3 is 0 Å². The van der Waals surface area contributed by atoms with Crippen molar-refractivity contribution in [1.82, 2.24) is 5.16 Å². The summed E-state index contributed by atoms with van der Waals surface area (Å²) in [5.74, 6) is 0.245. The van der Waals surface area contributed by atoms with E-state index < -0.39 is 0 Å². The van der Waals surface area contributed by atoms with Gasteiger partial charge in [-0.2, -0.15) is 0 Å². The Morgan fingerprint density at radius 3 is 2.56 bits per heavy atom. The summed E-state index contributed by atoms with van der Waals surface area (Å²) >= 11 is 0. The Bertz CT molecular complexity index is 689. The van der Waals surface area contributed by atoms with E-state index in [4.69, 9.17) is 4.52 Å². The zero-order valence-corrected chi connectivity index (χ0v) is 9.46. The lowest BCUT2D eigenvalue weighted by molar-refractivity contribution is 0.102. The number of para-hydroxylation sites is 1. The molecule has 18 heavy (non-hydrogen) atoms. The van der Waals surface area contributed by atoms with Crippen LogP contribution in [0.15, 0.2) is 59.1 Å². The summed E-state index contributed by atoms with van der Waals surface area (Å²) < 4.78 is 5.12. The lowest BCUT2D eigenvalue weighted by Crippen LogP contribution is -2.11.